The Morgan fingerprint density at radius 3 is 2.29 bits per heavy atom. The normalized spacial score (nSPS) is 13.2. The van der Waals surface area contributed by atoms with Crippen LogP contribution in [0.5, 0.6) is 0 Å². The molecule has 0 radical (unpaired) electrons. The maximum Gasteiger partial charge on any atom is 0.321 e. The van der Waals surface area contributed by atoms with Crippen LogP contribution >= 0.6 is 0 Å². The van der Waals surface area contributed by atoms with E-state index in [1.54, 1.807) is 0 Å². The van der Waals surface area contributed by atoms with Gasteiger partial charge in [-0.05, 0) is 0 Å². The van der Waals surface area contributed by atoms with E-state index < -0.39 is 37.2 Å². The molecule has 96 valence electrons. The summed E-state index contributed by atoms with van der Waals surface area (Å²) in [6, 6.07) is -1.47. The Morgan fingerprint density at radius 1 is 1.24 bits per heavy atom. The Morgan fingerprint density at radius 2 is 1.88 bits per heavy atom. The average Bonchev–Trinajstić information content (AvgIpc) is 2.24. The molecule has 17 heavy (non-hydrogen) atoms. The summed E-state index contributed by atoms with van der Waals surface area (Å²) in [5, 5.41) is 19.3. The highest BCUT2D eigenvalue weighted by Gasteiger charge is 2.25. The Kier molecular flexibility index (Phi) is 7.02. The second-order valence-corrected chi connectivity index (χ2v) is 2.81. The van der Waals surface area contributed by atoms with Crippen LogP contribution in [-0.2, 0) is 28.7 Å². The van der Waals surface area contributed by atoms with Crippen molar-refractivity contribution in [2.75, 3.05) is 6.61 Å². The molecule has 0 fully saturated rings. The highest BCUT2D eigenvalue weighted by atomic mass is 16.6. The SMILES string of the molecule is O=COCC(NC(CC(=O)O)C(=O)O)OC=O. The van der Waals surface area contributed by atoms with Gasteiger partial charge >= 0.3 is 11.9 Å². The summed E-state index contributed by atoms with van der Waals surface area (Å²) in [6.45, 7) is -0.326. The fourth-order valence-corrected chi connectivity index (χ4v) is 0.937. The minimum atomic E-state index is -1.47. The molecule has 0 aromatic carbocycles. The molecule has 0 amide bonds. The first-order valence-corrected chi connectivity index (χ1v) is 4.36. The van der Waals surface area contributed by atoms with Crippen LogP contribution in [-0.4, -0.2) is 54.0 Å². The van der Waals surface area contributed by atoms with E-state index in [-0.39, 0.29) is 12.9 Å². The second kappa shape index (κ2) is 8.05. The van der Waals surface area contributed by atoms with Gasteiger partial charge in [0.25, 0.3) is 12.9 Å². The van der Waals surface area contributed by atoms with Crippen LogP contribution in [0.3, 0.4) is 0 Å². The Balaban J connectivity index is 4.42. The lowest BCUT2D eigenvalue weighted by atomic mass is 10.2. The van der Waals surface area contributed by atoms with Gasteiger partial charge in [0.1, 0.15) is 12.6 Å². The predicted molar refractivity (Wildman–Crippen MR) is 49.8 cm³/mol. The summed E-state index contributed by atoms with van der Waals surface area (Å²) < 4.78 is 8.64. The lowest BCUT2D eigenvalue weighted by molar-refractivity contribution is -0.152. The van der Waals surface area contributed by atoms with Crippen molar-refractivity contribution >= 4 is 24.9 Å². The fraction of sp³-hybridized carbons (Fsp3) is 0.500. The van der Waals surface area contributed by atoms with Gasteiger partial charge in [-0.3, -0.25) is 24.5 Å². The van der Waals surface area contributed by atoms with E-state index in [0.29, 0.717) is 0 Å². The van der Waals surface area contributed by atoms with Crippen molar-refractivity contribution in [2.24, 2.45) is 0 Å². The van der Waals surface area contributed by atoms with Crippen LogP contribution in [0, 0.1) is 0 Å². The van der Waals surface area contributed by atoms with Crippen LogP contribution < -0.4 is 5.32 Å². The Hall–Kier alpha value is -2.16. The standard InChI is InChI=1S/C8H11NO8/c10-3-16-2-6(17-4-11)9-5(8(14)15)1-7(12)13/h3-6,9H,1-2H2,(H,12,13)(H,14,15). The Labute approximate surface area is 95.3 Å². The minimum absolute atomic E-state index is 0.0194. The maximum absolute atomic E-state index is 10.7. The predicted octanol–water partition coefficient (Wildman–Crippen LogP) is -1.82. The zero-order valence-corrected chi connectivity index (χ0v) is 8.57. The molecular formula is C8H11NO8. The van der Waals surface area contributed by atoms with Crippen LogP contribution in [0.25, 0.3) is 0 Å². The number of ether oxygens (including phenoxy) is 2. The molecule has 0 aliphatic carbocycles. The zero-order valence-electron chi connectivity index (χ0n) is 8.57. The molecule has 0 rings (SSSR count). The molecule has 0 saturated carbocycles. The number of aliphatic carboxylic acids is 2. The van der Waals surface area contributed by atoms with Gasteiger partial charge in [-0.25, -0.2) is 0 Å². The third-order valence-corrected chi connectivity index (χ3v) is 1.60. The number of carbonyl (C=O) groups is 4. The summed E-state index contributed by atoms with van der Waals surface area (Å²) in [5.41, 5.74) is 0. The lowest BCUT2D eigenvalue weighted by Gasteiger charge is -2.19. The van der Waals surface area contributed by atoms with Gasteiger partial charge in [-0.15, -0.1) is 0 Å². The summed E-state index contributed by atoms with van der Waals surface area (Å²) in [4.78, 5) is 41.0. The molecule has 0 heterocycles. The third-order valence-electron chi connectivity index (χ3n) is 1.60. The number of carbonyl (C=O) groups excluding carboxylic acids is 2. The van der Waals surface area contributed by atoms with Crippen molar-refractivity contribution in [1.82, 2.24) is 5.32 Å². The van der Waals surface area contributed by atoms with Gasteiger partial charge in [-0.2, -0.15) is 0 Å². The zero-order chi connectivity index (χ0) is 13.3. The fourth-order valence-electron chi connectivity index (χ4n) is 0.937. The van der Waals surface area contributed by atoms with Gasteiger partial charge in [0, 0.05) is 0 Å². The van der Waals surface area contributed by atoms with Gasteiger partial charge in [-0.1, -0.05) is 0 Å². The van der Waals surface area contributed by atoms with Gasteiger partial charge in [0.15, 0.2) is 6.23 Å². The van der Waals surface area contributed by atoms with E-state index >= 15 is 0 Å². The molecule has 0 aromatic rings. The van der Waals surface area contributed by atoms with Crippen molar-refractivity contribution in [3.8, 4) is 0 Å². The molecule has 9 nitrogen and oxygen atoms in total. The van der Waals surface area contributed by atoms with Crippen LogP contribution in [0.4, 0.5) is 0 Å². The largest absolute Gasteiger partial charge is 0.481 e. The number of rotatable bonds is 10. The van der Waals surface area contributed by atoms with Crippen LogP contribution in [0.15, 0.2) is 0 Å². The molecule has 9 heteroatoms. The topological polar surface area (TPSA) is 139 Å². The van der Waals surface area contributed by atoms with Crippen molar-refractivity contribution < 1.29 is 38.9 Å². The first kappa shape index (κ1) is 14.8. The molecule has 0 aliphatic heterocycles. The second-order valence-electron chi connectivity index (χ2n) is 2.81. The lowest BCUT2D eigenvalue weighted by Crippen LogP contribution is -2.47. The van der Waals surface area contributed by atoms with E-state index in [2.05, 4.69) is 14.8 Å². The van der Waals surface area contributed by atoms with Crippen molar-refractivity contribution in [2.45, 2.75) is 18.7 Å². The monoisotopic (exact) mass is 249 g/mol. The highest BCUT2D eigenvalue weighted by molar-refractivity contribution is 5.80. The molecule has 0 bridgehead atoms. The number of hydrogen-bond donors (Lipinski definition) is 3. The number of carboxylic acid groups (broad SMARTS) is 2. The summed E-state index contributed by atoms with van der Waals surface area (Å²) >= 11 is 0. The summed E-state index contributed by atoms with van der Waals surface area (Å²) in [7, 11) is 0. The van der Waals surface area contributed by atoms with E-state index in [0.717, 1.165) is 0 Å². The number of carboxylic acids is 2. The van der Waals surface area contributed by atoms with Gasteiger partial charge in [0.2, 0.25) is 0 Å². The van der Waals surface area contributed by atoms with Crippen LogP contribution in [0.1, 0.15) is 6.42 Å². The molecule has 0 spiro atoms. The van der Waals surface area contributed by atoms with E-state index in [4.69, 9.17) is 10.2 Å². The quantitative estimate of drug-likeness (QED) is 0.301. The third kappa shape index (κ3) is 6.84. The smallest absolute Gasteiger partial charge is 0.321 e. The average molecular weight is 249 g/mol. The summed E-state index contributed by atoms with van der Waals surface area (Å²) in [6.07, 6.45) is -1.94. The first-order valence-electron chi connectivity index (χ1n) is 4.36. The molecule has 0 aromatic heterocycles. The van der Waals surface area contributed by atoms with E-state index in [1.807, 2.05) is 0 Å². The van der Waals surface area contributed by atoms with Crippen molar-refractivity contribution in [1.29, 1.82) is 0 Å². The van der Waals surface area contributed by atoms with Gasteiger partial charge in [0.05, 0.1) is 6.42 Å². The van der Waals surface area contributed by atoms with Crippen LogP contribution in [0.2, 0.25) is 0 Å². The molecule has 3 N–H and O–H groups in total. The molecule has 0 aliphatic rings. The number of hydrogen-bond acceptors (Lipinski definition) is 7. The van der Waals surface area contributed by atoms with Crippen molar-refractivity contribution in [3.63, 3.8) is 0 Å². The van der Waals surface area contributed by atoms with Gasteiger partial charge < -0.3 is 19.7 Å². The number of nitrogens with one attached hydrogen (secondary N) is 1. The summed E-state index contributed by atoms with van der Waals surface area (Å²) in [5.74, 6) is -2.77. The molecule has 2 atom stereocenters. The highest BCUT2D eigenvalue weighted by Crippen LogP contribution is 1.97. The van der Waals surface area contributed by atoms with Crippen molar-refractivity contribution in [3.05, 3.63) is 0 Å². The molecule has 0 saturated heterocycles. The first-order chi connectivity index (χ1) is 8.01. The molecule has 2 unspecified atom stereocenters. The molecular weight excluding hydrogens is 238 g/mol. The Bertz CT molecular complexity index is 291. The van der Waals surface area contributed by atoms with E-state index in [9.17, 15) is 19.2 Å². The van der Waals surface area contributed by atoms with E-state index in [1.165, 1.54) is 0 Å². The minimum Gasteiger partial charge on any atom is -0.481 e. The maximum atomic E-state index is 10.7.